The minimum absolute atomic E-state index is 0.105. The van der Waals surface area contributed by atoms with Crippen molar-refractivity contribution in [3.63, 3.8) is 0 Å². The number of carbonyl (C=O) groups excluding carboxylic acids is 2. The second-order valence-electron chi connectivity index (χ2n) is 5.45. The van der Waals surface area contributed by atoms with E-state index in [1.54, 1.807) is 27.5 Å². The van der Waals surface area contributed by atoms with E-state index in [1.165, 1.54) is 0 Å². The van der Waals surface area contributed by atoms with Crippen LogP contribution in [0.25, 0.3) is 0 Å². The molecule has 1 fully saturated rings. The number of nitrogens with two attached hydrogens (primary N) is 1. The quantitative estimate of drug-likeness (QED) is 0.860. The summed E-state index contributed by atoms with van der Waals surface area (Å²) in [6, 6.07) is -0.191. The number of carbonyl (C=O) groups is 2. The molecule has 0 radical (unpaired) electrons. The van der Waals surface area contributed by atoms with E-state index < -0.39 is 5.91 Å². The van der Waals surface area contributed by atoms with Crippen molar-refractivity contribution in [2.24, 2.45) is 11.7 Å². The second kappa shape index (κ2) is 7.53. The summed E-state index contributed by atoms with van der Waals surface area (Å²) in [5.74, 6) is 0.953. The van der Waals surface area contributed by atoms with Gasteiger partial charge in [-0.25, -0.2) is 4.79 Å². The van der Waals surface area contributed by atoms with E-state index >= 15 is 0 Å². The third kappa shape index (κ3) is 3.94. The molecule has 1 unspecified atom stereocenters. The zero-order valence-electron chi connectivity index (χ0n) is 13.0. The predicted octanol–water partition coefficient (Wildman–Crippen LogP) is 1.61. The average Bonchev–Trinajstić information content (AvgIpc) is 2.91. The van der Waals surface area contributed by atoms with Gasteiger partial charge in [0, 0.05) is 25.8 Å². The average molecular weight is 325 g/mol. The molecule has 22 heavy (non-hydrogen) atoms. The van der Waals surface area contributed by atoms with Crippen LogP contribution in [0.1, 0.15) is 30.3 Å². The number of thioether (sulfide) groups is 1. The lowest BCUT2D eigenvalue weighted by Gasteiger charge is -2.32. The minimum Gasteiger partial charge on any atom is -0.364 e. The lowest BCUT2D eigenvalue weighted by atomic mass is 10.0. The van der Waals surface area contributed by atoms with E-state index in [9.17, 15) is 9.59 Å². The highest BCUT2D eigenvalue weighted by Crippen LogP contribution is 2.21. The number of rotatable bonds is 5. The summed E-state index contributed by atoms with van der Waals surface area (Å²) in [7, 11) is 0. The van der Waals surface area contributed by atoms with Gasteiger partial charge in [-0.2, -0.15) is 16.9 Å². The summed E-state index contributed by atoms with van der Waals surface area (Å²) in [5, 5.41) is 6.85. The Morgan fingerprint density at radius 1 is 1.55 bits per heavy atom. The van der Waals surface area contributed by atoms with Gasteiger partial charge in [-0.05, 0) is 37.7 Å². The number of hydrogen-bond acceptors (Lipinski definition) is 4. The minimum atomic E-state index is -0.638. The summed E-state index contributed by atoms with van der Waals surface area (Å²) in [5.41, 5.74) is 5.80. The van der Waals surface area contributed by atoms with Crippen LogP contribution in [0, 0.1) is 5.92 Å². The smallest absolute Gasteiger partial charge is 0.321 e. The molecule has 3 amide bonds. The number of anilines is 1. The molecule has 1 atom stereocenters. The van der Waals surface area contributed by atoms with Crippen molar-refractivity contribution in [2.45, 2.75) is 26.3 Å². The molecule has 7 nitrogen and oxygen atoms in total. The summed E-state index contributed by atoms with van der Waals surface area (Å²) in [4.78, 5) is 25.6. The van der Waals surface area contributed by atoms with Gasteiger partial charge in [0.05, 0.1) is 5.69 Å². The molecule has 0 spiro atoms. The Morgan fingerprint density at radius 3 is 2.95 bits per heavy atom. The number of piperidine rings is 1. The van der Waals surface area contributed by atoms with Gasteiger partial charge in [-0.15, -0.1) is 0 Å². The summed E-state index contributed by atoms with van der Waals surface area (Å²) in [6.07, 6.45) is 5.89. The SMILES string of the molecule is CCn1cc(NC(=O)N2CCCC(CSC)C2)c(C(N)=O)n1. The van der Waals surface area contributed by atoms with Gasteiger partial charge in [0.1, 0.15) is 0 Å². The van der Waals surface area contributed by atoms with Crippen LogP contribution in [0.5, 0.6) is 0 Å². The molecular formula is C14H23N5O2S. The van der Waals surface area contributed by atoms with Gasteiger partial charge in [0.15, 0.2) is 5.69 Å². The molecular weight excluding hydrogens is 302 g/mol. The van der Waals surface area contributed by atoms with Crippen LogP contribution >= 0.6 is 11.8 Å². The third-order valence-corrected chi connectivity index (χ3v) is 4.57. The first kappa shape index (κ1) is 16.7. The maximum absolute atomic E-state index is 12.4. The molecule has 2 heterocycles. The number of hydrogen-bond donors (Lipinski definition) is 2. The lowest BCUT2D eigenvalue weighted by Crippen LogP contribution is -2.43. The van der Waals surface area contributed by atoms with Gasteiger partial charge in [0.25, 0.3) is 5.91 Å². The van der Waals surface area contributed by atoms with Crippen LogP contribution in [-0.4, -0.2) is 51.7 Å². The predicted molar refractivity (Wildman–Crippen MR) is 88.1 cm³/mol. The highest BCUT2D eigenvalue weighted by Gasteiger charge is 2.25. The number of urea groups is 1. The van der Waals surface area contributed by atoms with Crippen LogP contribution < -0.4 is 11.1 Å². The molecule has 8 heteroatoms. The number of nitrogens with one attached hydrogen (secondary N) is 1. The molecule has 0 bridgehead atoms. The number of primary amides is 1. The van der Waals surface area contributed by atoms with Crippen LogP contribution in [0.15, 0.2) is 6.20 Å². The molecule has 3 N–H and O–H groups in total. The van der Waals surface area contributed by atoms with Crippen LogP contribution in [0.3, 0.4) is 0 Å². The highest BCUT2D eigenvalue weighted by molar-refractivity contribution is 7.98. The Labute approximate surface area is 134 Å². The normalized spacial score (nSPS) is 18.3. The zero-order chi connectivity index (χ0) is 16.1. The molecule has 0 aliphatic carbocycles. The fraction of sp³-hybridized carbons (Fsp3) is 0.643. The lowest BCUT2D eigenvalue weighted by molar-refractivity contribution is 0.0995. The molecule has 1 saturated heterocycles. The van der Waals surface area contributed by atoms with Crippen molar-refractivity contribution in [2.75, 3.05) is 30.4 Å². The molecule has 1 aliphatic heterocycles. The summed E-state index contributed by atoms with van der Waals surface area (Å²) < 4.78 is 1.59. The Balaban J connectivity index is 2.05. The monoisotopic (exact) mass is 325 g/mol. The maximum Gasteiger partial charge on any atom is 0.321 e. The summed E-state index contributed by atoms with van der Waals surface area (Å²) in [6.45, 7) is 4.00. The van der Waals surface area contributed by atoms with Gasteiger partial charge in [-0.3, -0.25) is 9.48 Å². The van der Waals surface area contributed by atoms with Crippen molar-refractivity contribution in [1.82, 2.24) is 14.7 Å². The molecule has 1 aromatic heterocycles. The topological polar surface area (TPSA) is 93.3 Å². The molecule has 122 valence electrons. The Bertz CT molecular complexity index is 543. The first-order chi connectivity index (χ1) is 10.5. The fourth-order valence-corrected chi connectivity index (χ4v) is 3.42. The van der Waals surface area contributed by atoms with Crippen molar-refractivity contribution >= 4 is 29.4 Å². The van der Waals surface area contributed by atoms with E-state index in [-0.39, 0.29) is 11.7 Å². The standard InChI is InChI=1S/C14H23N5O2S/c1-3-19-8-11(12(17-19)13(15)20)16-14(21)18-6-4-5-10(7-18)9-22-2/h8,10H,3-7,9H2,1-2H3,(H2,15,20)(H,16,21). The summed E-state index contributed by atoms with van der Waals surface area (Å²) >= 11 is 1.81. The van der Waals surface area contributed by atoms with Crippen molar-refractivity contribution in [3.8, 4) is 0 Å². The molecule has 2 rings (SSSR count). The zero-order valence-corrected chi connectivity index (χ0v) is 13.9. The Kier molecular flexibility index (Phi) is 5.70. The Morgan fingerprint density at radius 2 is 2.32 bits per heavy atom. The number of aryl methyl sites for hydroxylation is 1. The van der Waals surface area contributed by atoms with E-state index in [1.807, 2.05) is 6.92 Å². The van der Waals surface area contributed by atoms with E-state index in [4.69, 9.17) is 5.73 Å². The fourth-order valence-electron chi connectivity index (χ4n) is 2.67. The van der Waals surface area contributed by atoms with Gasteiger partial charge >= 0.3 is 6.03 Å². The number of aromatic nitrogens is 2. The van der Waals surface area contributed by atoms with E-state index in [0.717, 1.165) is 31.7 Å². The van der Waals surface area contributed by atoms with Crippen LogP contribution in [0.4, 0.5) is 10.5 Å². The highest BCUT2D eigenvalue weighted by atomic mass is 32.2. The van der Waals surface area contributed by atoms with Crippen molar-refractivity contribution in [1.29, 1.82) is 0 Å². The van der Waals surface area contributed by atoms with Gasteiger partial charge < -0.3 is 16.0 Å². The van der Waals surface area contributed by atoms with E-state index in [0.29, 0.717) is 18.2 Å². The van der Waals surface area contributed by atoms with Gasteiger partial charge in [-0.1, -0.05) is 0 Å². The molecule has 0 aromatic carbocycles. The number of amides is 3. The van der Waals surface area contributed by atoms with Crippen LogP contribution in [0.2, 0.25) is 0 Å². The maximum atomic E-state index is 12.4. The van der Waals surface area contributed by atoms with Crippen LogP contribution in [-0.2, 0) is 6.54 Å². The first-order valence-corrected chi connectivity index (χ1v) is 8.86. The number of nitrogens with zero attached hydrogens (tertiary/aromatic N) is 3. The third-order valence-electron chi connectivity index (χ3n) is 3.77. The largest absolute Gasteiger partial charge is 0.364 e. The molecule has 1 aliphatic rings. The molecule has 1 aromatic rings. The van der Waals surface area contributed by atoms with E-state index in [2.05, 4.69) is 16.7 Å². The van der Waals surface area contributed by atoms with Crippen molar-refractivity contribution in [3.05, 3.63) is 11.9 Å². The Hall–Kier alpha value is -1.70. The van der Waals surface area contributed by atoms with Gasteiger partial charge in [0.2, 0.25) is 0 Å². The molecule has 0 saturated carbocycles. The number of likely N-dealkylation sites (tertiary alicyclic amines) is 1. The van der Waals surface area contributed by atoms with Crippen molar-refractivity contribution < 1.29 is 9.59 Å². The second-order valence-corrected chi connectivity index (χ2v) is 6.36. The first-order valence-electron chi connectivity index (χ1n) is 7.47.